The van der Waals surface area contributed by atoms with Crippen LogP contribution in [0.5, 0.6) is 0 Å². The van der Waals surface area contributed by atoms with E-state index in [1.807, 2.05) is 18.2 Å². The van der Waals surface area contributed by atoms with E-state index >= 15 is 0 Å². The minimum atomic E-state index is -0.404. The van der Waals surface area contributed by atoms with Crippen molar-refractivity contribution in [2.75, 3.05) is 19.6 Å². The van der Waals surface area contributed by atoms with Gasteiger partial charge in [0.15, 0.2) is 5.96 Å². The molecule has 5 nitrogen and oxygen atoms in total. The Kier molecular flexibility index (Phi) is 5.06. The van der Waals surface area contributed by atoms with E-state index in [9.17, 15) is 4.79 Å². The number of primary amides is 1. The number of nitrogens with one attached hydrogen (secondary N) is 1. The van der Waals surface area contributed by atoms with E-state index in [0.29, 0.717) is 17.5 Å². The van der Waals surface area contributed by atoms with Gasteiger partial charge in [-0.25, -0.2) is 4.99 Å². The van der Waals surface area contributed by atoms with Gasteiger partial charge >= 0.3 is 0 Å². The van der Waals surface area contributed by atoms with Crippen molar-refractivity contribution < 1.29 is 4.79 Å². The number of rotatable bonds is 4. The van der Waals surface area contributed by atoms with Gasteiger partial charge in [-0.05, 0) is 36.5 Å². The van der Waals surface area contributed by atoms with Gasteiger partial charge in [0.05, 0.1) is 6.54 Å². The smallest absolute Gasteiger partial charge is 0.248 e. The molecule has 0 atom stereocenters. The lowest BCUT2D eigenvalue weighted by atomic mass is 9.93. The highest BCUT2D eigenvalue weighted by Gasteiger charge is 2.30. The molecule has 1 aliphatic heterocycles. The van der Waals surface area contributed by atoms with E-state index < -0.39 is 5.91 Å². The van der Waals surface area contributed by atoms with Crippen molar-refractivity contribution in [2.45, 2.75) is 33.7 Å². The van der Waals surface area contributed by atoms with Crippen LogP contribution in [0.25, 0.3) is 0 Å². The fourth-order valence-corrected chi connectivity index (χ4v) is 2.71. The molecule has 1 amide bonds. The van der Waals surface area contributed by atoms with Gasteiger partial charge in [0, 0.05) is 25.2 Å². The molecule has 0 saturated carbocycles. The largest absolute Gasteiger partial charge is 0.366 e. The molecule has 1 aliphatic rings. The predicted octanol–water partition coefficient (Wildman–Crippen LogP) is 1.98. The van der Waals surface area contributed by atoms with Crippen LogP contribution in [-0.4, -0.2) is 36.4 Å². The summed E-state index contributed by atoms with van der Waals surface area (Å²) in [4.78, 5) is 18.3. The van der Waals surface area contributed by atoms with Gasteiger partial charge in [-0.1, -0.05) is 26.0 Å². The summed E-state index contributed by atoms with van der Waals surface area (Å²) in [5.74, 6) is 0.539. The van der Waals surface area contributed by atoms with Crippen LogP contribution < -0.4 is 11.1 Å². The third-order valence-corrected chi connectivity index (χ3v) is 3.93. The Morgan fingerprint density at radius 3 is 2.82 bits per heavy atom. The maximum atomic E-state index is 11.2. The predicted molar refractivity (Wildman–Crippen MR) is 89.7 cm³/mol. The first-order valence-electron chi connectivity index (χ1n) is 7.83. The number of aliphatic imine (C=N–C) groups is 1. The zero-order valence-electron chi connectivity index (χ0n) is 13.7. The molecule has 120 valence electrons. The summed E-state index contributed by atoms with van der Waals surface area (Å²) in [5.41, 5.74) is 7.17. The van der Waals surface area contributed by atoms with Crippen molar-refractivity contribution in [3.63, 3.8) is 0 Å². The zero-order chi connectivity index (χ0) is 16.2. The average Bonchev–Trinajstić information content (AvgIpc) is 2.84. The molecule has 0 aliphatic carbocycles. The normalized spacial score (nSPS) is 17.6. The molecule has 2 rings (SSSR count). The maximum Gasteiger partial charge on any atom is 0.248 e. The highest BCUT2D eigenvalue weighted by molar-refractivity contribution is 5.92. The second-order valence-corrected chi connectivity index (χ2v) is 6.57. The molecular formula is C17H26N4O. The molecule has 5 heteroatoms. The van der Waals surface area contributed by atoms with E-state index in [0.717, 1.165) is 31.2 Å². The van der Waals surface area contributed by atoms with Crippen molar-refractivity contribution in [3.05, 3.63) is 35.4 Å². The van der Waals surface area contributed by atoms with Gasteiger partial charge < -0.3 is 16.0 Å². The number of likely N-dealkylation sites (tertiary alicyclic amines) is 1. The molecule has 0 radical (unpaired) electrons. The first kappa shape index (κ1) is 16.3. The fraction of sp³-hybridized carbons (Fsp3) is 0.529. The summed E-state index contributed by atoms with van der Waals surface area (Å²) in [5, 5.41) is 3.35. The van der Waals surface area contributed by atoms with Crippen LogP contribution >= 0.6 is 0 Å². The second-order valence-electron chi connectivity index (χ2n) is 6.57. The maximum absolute atomic E-state index is 11.2. The Morgan fingerprint density at radius 2 is 2.23 bits per heavy atom. The van der Waals surface area contributed by atoms with Crippen LogP contribution in [0.2, 0.25) is 0 Å². The number of nitrogens with zero attached hydrogens (tertiary/aromatic N) is 2. The molecule has 0 bridgehead atoms. The van der Waals surface area contributed by atoms with Gasteiger partial charge in [-0.15, -0.1) is 0 Å². The monoisotopic (exact) mass is 302 g/mol. The summed E-state index contributed by atoms with van der Waals surface area (Å²) in [6.45, 7) is 10.1. The van der Waals surface area contributed by atoms with Crippen LogP contribution in [0, 0.1) is 5.41 Å². The number of guanidine groups is 1. The SMILES string of the molecule is CCNC(=NCc1cccc(C(N)=O)c1)N1CCC(C)(C)C1. The Hall–Kier alpha value is -2.04. The van der Waals surface area contributed by atoms with Crippen molar-refractivity contribution >= 4 is 11.9 Å². The van der Waals surface area contributed by atoms with Crippen molar-refractivity contribution in [3.8, 4) is 0 Å². The van der Waals surface area contributed by atoms with E-state index in [2.05, 4.69) is 31.0 Å². The number of benzene rings is 1. The first-order valence-corrected chi connectivity index (χ1v) is 7.83. The first-order chi connectivity index (χ1) is 10.4. The minimum Gasteiger partial charge on any atom is -0.366 e. The molecule has 3 N–H and O–H groups in total. The van der Waals surface area contributed by atoms with Gasteiger partial charge in [-0.2, -0.15) is 0 Å². The number of nitrogens with two attached hydrogens (primary N) is 1. The van der Waals surface area contributed by atoms with E-state index in [1.54, 1.807) is 6.07 Å². The minimum absolute atomic E-state index is 0.335. The van der Waals surface area contributed by atoms with Crippen LogP contribution in [-0.2, 0) is 6.54 Å². The lowest BCUT2D eigenvalue weighted by molar-refractivity contribution is 0.1000. The Labute approximate surface area is 132 Å². The quantitative estimate of drug-likeness (QED) is 0.660. The zero-order valence-corrected chi connectivity index (χ0v) is 13.7. The fourth-order valence-electron chi connectivity index (χ4n) is 2.71. The number of amides is 1. The molecule has 1 saturated heterocycles. The van der Waals surface area contributed by atoms with Crippen molar-refractivity contribution in [1.82, 2.24) is 10.2 Å². The lowest BCUT2D eigenvalue weighted by Crippen LogP contribution is -2.40. The Morgan fingerprint density at radius 1 is 1.45 bits per heavy atom. The number of hydrogen-bond acceptors (Lipinski definition) is 2. The Balaban J connectivity index is 2.10. The van der Waals surface area contributed by atoms with Crippen LogP contribution in [0.1, 0.15) is 43.1 Å². The molecule has 0 spiro atoms. The summed E-state index contributed by atoms with van der Waals surface area (Å²) in [6, 6.07) is 7.34. The van der Waals surface area contributed by atoms with E-state index in [4.69, 9.17) is 10.7 Å². The van der Waals surface area contributed by atoms with Gasteiger partial charge in [0.25, 0.3) is 0 Å². The van der Waals surface area contributed by atoms with Crippen LogP contribution in [0.4, 0.5) is 0 Å². The van der Waals surface area contributed by atoms with Crippen LogP contribution in [0.15, 0.2) is 29.3 Å². The highest BCUT2D eigenvalue weighted by Crippen LogP contribution is 2.28. The molecule has 1 aromatic carbocycles. The molecule has 22 heavy (non-hydrogen) atoms. The number of hydrogen-bond donors (Lipinski definition) is 2. The Bertz CT molecular complexity index is 566. The van der Waals surface area contributed by atoms with Crippen molar-refractivity contribution in [1.29, 1.82) is 0 Å². The standard InChI is InChI=1S/C17H26N4O/c1-4-19-16(21-9-8-17(2,3)12-21)20-11-13-6-5-7-14(10-13)15(18)22/h5-7,10H,4,8-9,11-12H2,1-3H3,(H2,18,22)(H,19,20). The summed E-state index contributed by atoms with van der Waals surface area (Å²) in [6.07, 6.45) is 1.18. The van der Waals surface area contributed by atoms with Gasteiger partial charge in [-0.3, -0.25) is 4.79 Å². The number of carbonyl (C=O) groups is 1. The second kappa shape index (κ2) is 6.81. The molecule has 1 heterocycles. The third kappa shape index (κ3) is 4.23. The van der Waals surface area contributed by atoms with Crippen molar-refractivity contribution in [2.24, 2.45) is 16.1 Å². The molecule has 0 aromatic heterocycles. The topological polar surface area (TPSA) is 70.7 Å². The summed E-state index contributed by atoms with van der Waals surface area (Å²) >= 11 is 0. The average molecular weight is 302 g/mol. The summed E-state index contributed by atoms with van der Waals surface area (Å²) in [7, 11) is 0. The van der Waals surface area contributed by atoms with E-state index in [1.165, 1.54) is 6.42 Å². The molecule has 1 fully saturated rings. The third-order valence-electron chi connectivity index (χ3n) is 3.93. The van der Waals surface area contributed by atoms with Gasteiger partial charge in [0.2, 0.25) is 5.91 Å². The highest BCUT2D eigenvalue weighted by atomic mass is 16.1. The van der Waals surface area contributed by atoms with Gasteiger partial charge in [0.1, 0.15) is 0 Å². The summed E-state index contributed by atoms with van der Waals surface area (Å²) < 4.78 is 0. The number of carbonyl (C=O) groups excluding carboxylic acids is 1. The molecule has 0 unspecified atom stereocenters. The molecule has 1 aromatic rings. The van der Waals surface area contributed by atoms with E-state index in [-0.39, 0.29) is 0 Å². The molecular weight excluding hydrogens is 276 g/mol. The lowest BCUT2D eigenvalue weighted by Gasteiger charge is -2.23. The van der Waals surface area contributed by atoms with Crippen LogP contribution in [0.3, 0.4) is 0 Å².